The van der Waals surface area contributed by atoms with Gasteiger partial charge in [0.25, 0.3) is 6.43 Å². The number of rotatable bonds is 4. The molecule has 1 N–H and O–H groups in total. The zero-order valence-corrected chi connectivity index (χ0v) is 9.72. The molecule has 2 aromatic rings. The molecule has 0 saturated carbocycles. The van der Waals surface area contributed by atoms with E-state index >= 15 is 0 Å². The molecule has 0 aromatic heterocycles. The van der Waals surface area contributed by atoms with E-state index in [9.17, 15) is 13.6 Å². The Labute approximate surface area is 108 Å². The highest BCUT2D eigenvalue weighted by Gasteiger charge is 2.07. The predicted octanol–water partition coefficient (Wildman–Crippen LogP) is 4.11. The molecule has 98 valence electrons. The van der Waals surface area contributed by atoms with Crippen molar-refractivity contribution in [2.24, 2.45) is 0 Å². The summed E-state index contributed by atoms with van der Waals surface area (Å²) < 4.78 is 30.1. The molecule has 0 saturated heterocycles. The Bertz CT molecular complexity index is 579. The van der Waals surface area contributed by atoms with Crippen LogP contribution in [0.3, 0.4) is 0 Å². The Kier molecular flexibility index (Phi) is 3.75. The molecule has 3 nitrogen and oxygen atoms in total. The second kappa shape index (κ2) is 5.48. The molecule has 0 aliphatic heterocycles. The van der Waals surface area contributed by atoms with Crippen LogP contribution in [0.25, 0.3) is 0 Å². The lowest BCUT2D eigenvalue weighted by atomic mass is 10.2. The number of carboxylic acid groups (broad SMARTS) is 1. The van der Waals surface area contributed by atoms with E-state index in [1.165, 1.54) is 36.4 Å². The molecule has 2 aromatic carbocycles. The van der Waals surface area contributed by atoms with Crippen LogP contribution >= 0.6 is 0 Å². The Morgan fingerprint density at radius 1 is 1.05 bits per heavy atom. The Balaban J connectivity index is 2.16. The topological polar surface area (TPSA) is 46.5 Å². The van der Waals surface area contributed by atoms with Gasteiger partial charge in [-0.25, -0.2) is 13.6 Å². The SMILES string of the molecule is O=C(O)c1cccc(Oc2ccc(C(F)F)cc2)c1. The lowest BCUT2D eigenvalue weighted by Crippen LogP contribution is -1.96. The molecule has 19 heavy (non-hydrogen) atoms. The third kappa shape index (κ3) is 3.28. The van der Waals surface area contributed by atoms with E-state index in [1.807, 2.05) is 0 Å². The molecule has 0 spiro atoms. The average Bonchev–Trinajstić information content (AvgIpc) is 2.39. The first-order valence-corrected chi connectivity index (χ1v) is 5.45. The van der Waals surface area contributed by atoms with Gasteiger partial charge in [0.2, 0.25) is 0 Å². The van der Waals surface area contributed by atoms with Crippen molar-refractivity contribution in [3.05, 3.63) is 59.7 Å². The van der Waals surface area contributed by atoms with Gasteiger partial charge in [0.15, 0.2) is 0 Å². The zero-order chi connectivity index (χ0) is 13.8. The number of carbonyl (C=O) groups is 1. The van der Waals surface area contributed by atoms with Crippen LogP contribution in [0.5, 0.6) is 11.5 Å². The minimum Gasteiger partial charge on any atom is -0.478 e. The van der Waals surface area contributed by atoms with Gasteiger partial charge in [0.05, 0.1) is 5.56 Å². The van der Waals surface area contributed by atoms with Crippen molar-refractivity contribution in [1.29, 1.82) is 0 Å². The molecule has 0 atom stereocenters. The molecule has 0 unspecified atom stereocenters. The van der Waals surface area contributed by atoms with Crippen molar-refractivity contribution in [3.8, 4) is 11.5 Å². The van der Waals surface area contributed by atoms with Gasteiger partial charge in [-0.15, -0.1) is 0 Å². The monoisotopic (exact) mass is 264 g/mol. The molecule has 0 radical (unpaired) electrons. The lowest BCUT2D eigenvalue weighted by Gasteiger charge is -2.07. The van der Waals surface area contributed by atoms with Crippen molar-refractivity contribution in [1.82, 2.24) is 0 Å². The lowest BCUT2D eigenvalue weighted by molar-refractivity contribution is 0.0696. The summed E-state index contributed by atoms with van der Waals surface area (Å²) in [7, 11) is 0. The first kappa shape index (κ1) is 13.0. The second-order valence-electron chi connectivity index (χ2n) is 3.80. The van der Waals surface area contributed by atoms with E-state index < -0.39 is 12.4 Å². The summed E-state index contributed by atoms with van der Waals surface area (Å²) in [6.07, 6.45) is -2.52. The van der Waals surface area contributed by atoms with E-state index in [2.05, 4.69) is 0 Å². The quantitative estimate of drug-likeness (QED) is 0.903. The maximum absolute atomic E-state index is 12.4. The number of ether oxygens (including phenoxy) is 1. The Morgan fingerprint density at radius 2 is 1.74 bits per heavy atom. The summed E-state index contributed by atoms with van der Waals surface area (Å²) in [5, 5.41) is 8.83. The number of benzene rings is 2. The highest BCUT2D eigenvalue weighted by Crippen LogP contribution is 2.25. The number of hydrogen-bond donors (Lipinski definition) is 1. The minimum absolute atomic E-state index is 0.0911. The molecule has 0 amide bonds. The van der Waals surface area contributed by atoms with Crippen LogP contribution in [-0.4, -0.2) is 11.1 Å². The minimum atomic E-state index is -2.52. The molecule has 0 aliphatic carbocycles. The van der Waals surface area contributed by atoms with Gasteiger partial charge in [-0.2, -0.15) is 0 Å². The summed E-state index contributed by atoms with van der Waals surface area (Å²) in [5.41, 5.74) is 0.00772. The van der Waals surface area contributed by atoms with Crippen LogP contribution in [0.15, 0.2) is 48.5 Å². The van der Waals surface area contributed by atoms with E-state index in [-0.39, 0.29) is 11.1 Å². The Hall–Kier alpha value is -2.43. The van der Waals surface area contributed by atoms with Gasteiger partial charge < -0.3 is 9.84 Å². The van der Waals surface area contributed by atoms with E-state index in [4.69, 9.17) is 9.84 Å². The molecular weight excluding hydrogens is 254 g/mol. The third-order valence-electron chi connectivity index (χ3n) is 2.45. The highest BCUT2D eigenvalue weighted by atomic mass is 19.3. The number of aromatic carboxylic acids is 1. The van der Waals surface area contributed by atoms with Gasteiger partial charge in [0.1, 0.15) is 11.5 Å². The smallest absolute Gasteiger partial charge is 0.335 e. The number of halogens is 2. The van der Waals surface area contributed by atoms with E-state index in [0.717, 1.165) is 0 Å². The van der Waals surface area contributed by atoms with Crippen molar-refractivity contribution in [2.75, 3.05) is 0 Å². The number of alkyl halides is 2. The Morgan fingerprint density at radius 3 is 2.32 bits per heavy atom. The van der Waals surface area contributed by atoms with E-state index in [1.54, 1.807) is 12.1 Å². The maximum Gasteiger partial charge on any atom is 0.335 e. The maximum atomic E-state index is 12.4. The fraction of sp³-hybridized carbons (Fsp3) is 0.0714. The summed E-state index contributed by atoms with van der Waals surface area (Å²) in [5.74, 6) is -0.352. The highest BCUT2D eigenvalue weighted by molar-refractivity contribution is 5.88. The van der Waals surface area contributed by atoms with Crippen molar-refractivity contribution in [2.45, 2.75) is 6.43 Å². The molecule has 0 fully saturated rings. The van der Waals surface area contributed by atoms with Crippen LogP contribution in [0.2, 0.25) is 0 Å². The van der Waals surface area contributed by atoms with Crippen LogP contribution < -0.4 is 4.74 Å². The standard InChI is InChI=1S/C14H10F2O3/c15-13(16)9-4-6-11(7-5-9)19-12-3-1-2-10(8-12)14(17)18/h1-8,13H,(H,17,18). The van der Waals surface area contributed by atoms with Crippen LogP contribution in [0.4, 0.5) is 8.78 Å². The van der Waals surface area contributed by atoms with Gasteiger partial charge in [-0.05, 0) is 42.5 Å². The molecule has 2 rings (SSSR count). The first-order valence-electron chi connectivity index (χ1n) is 5.45. The van der Waals surface area contributed by atoms with Gasteiger partial charge in [0, 0.05) is 5.56 Å². The van der Waals surface area contributed by atoms with Gasteiger partial charge >= 0.3 is 5.97 Å². The molecule has 0 bridgehead atoms. The fourth-order valence-corrected chi connectivity index (χ4v) is 1.51. The largest absolute Gasteiger partial charge is 0.478 e. The third-order valence-corrected chi connectivity index (χ3v) is 2.45. The summed E-state index contributed by atoms with van der Waals surface area (Å²) in [6.45, 7) is 0. The van der Waals surface area contributed by atoms with Crippen LogP contribution in [0.1, 0.15) is 22.3 Å². The van der Waals surface area contributed by atoms with Gasteiger partial charge in [-0.3, -0.25) is 0 Å². The van der Waals surface area contributed by atoms with Gasteiger partial charge in [-0.1, -0.05) is 6.07 Å². The number of hydrogen-bond acceptors (Lipinski definition) is 2. The summed E-state index contributed by atoms with van der Waals surface area (Å²) in [4.78, 5) is 10.8. The average molecular weight is 264 g/mol. The zero-order valence-electron chi connectivity index (χ0n) is 9.72. The normalized spacial score (nSPS) is 10.5. The van der Waals surface area contributed by atoms with Crippen molar-refractivity contribution < 1.29 is 23.4 Å². The number of carboxylic acids is 1. The summed E-state index contributed by atoms with van der Waals surface area (Å²) >= 11 is 0. The molecule has 5 heteroatoms. The molecule has 0 heterocycles. The van der Waals surface area contributed by atoms with Crippen LogP contribution in [0, 0.1) is 0 Å². The summed E-state index contributed by atoms with van der Waals surface area (Å²) in [6, 6.07) is 11.3. The first-order chi connectivity index (χ1) is 9.06. The van der Waals surface area contributed by atoms with Crippen molar-refractivity contribution >= 4 is 5.97 Å². The second-order valence-corrected chi connectivity index (χ2v) is 3.80. The molecular formula is C14H10F2O3. The van der Waals surface area contributed by atoms with E-state index in [0.29, 0.717) is 11.5 Å². The molecule has 0 aliphatic rings. The van der Waals surface area contributed by atoms with Crippen molar-refractivity contribution in [3.63, 3.8) is 0 Å². The van der Waals surface area contributed by atoms with Crippen LogP contribution in [-0.2, 0) is 0 Å². The fourth-order valence-electron chi connectivity index (χ4n) is 1.51. The predicted molar refractivity (Wildman–Crippen MR) is 64.9 cm³/mol.